The number of hydrazone groups is 1. The maximum absolute atomic E-state index is 11.9. The first kappa shape index (κ1) is 13.4. The van der Waals surface area contributed by atoms with E-state index in [0.717, 1.165) is 5.56 Å². The van der Waals surface area contributed by atoms with E-state index in [2.05, 4.69) is 10.3 Å². The Bertz CT molecular complexity index is 357. The van der Waals surface area contributed by atoms with Gasteiger partial charge in [0.1, 0.15) is 0 Å². The molecule has 1 aromatic heterocycles. The van der Waals surface area contributed by atoms with Gasteiger partial charge in [0.15, 0.2) is 0 Å². The van der Waals surface area contributed by atoms with E-state index >= 15 is 0 Å². The summed E-state index contributed by atoms with van der Waals surface area (Å²) in [5.41, 5.74) is 0.942. The fourth-order valence-electron chi connectivity index (χ4n) is 0.957. The standard InChI is InChI=1S/C9H15N2O3PS/c1-3-13-15(12,14-4-2)11-10-7-9-5-6-16-8-9/h5-8H,3-4H2,1-2H3,(H,11,12)/b10-7+. The Labute approximate surface area is 99.1 Å². The summed E-state index contributed by atoms with van der Waals surface area (Å²) in [4.78, 5) is 0. The third-order valence-corrected chi connectivity index (χ3v) is 3.79. The zero-order valence-electron chi connectivity index (χ0n) is 9.25. The van der Waals surface area contributed by atoms with Gasteiger partial charge in [-0.2, -0.15) is 16.4 Å². The predicted octanol–water partition coefficient (Wildman–Crippen LogP) is 2.85. The molecule has 0 saturated heterocycles. The Morgan fingerprint density at radius 1 is 1.50 bits per heavy atom. The van der Waals surface area contributed by atoms with Gasteiger partial charge in [-0.15, -0.1) is 0 Å². The van der Waals surface area contributed by atoms with Crippen LogP contribution in [-0.4, -0.2) is 19.4 Å². The van der Waals surface area contributed by atoms with Gasteiger partial charge in [-0.1, -0.05) is 0 Å². The maximum Gasteiger partial charge on any atom is 0.448 e. The minimum atomic E-state index is -3.28. The topological polar surface area (TPSA) is 59.9 Å². The number of hydrogen-bond acceptors (Lipinski definition) is 5. The molecule has 0 aliphatic rings. The summed E-state index contributed by atoms with van der Waals surface area (Å²) in [5, 5.41) is 10.1. The highest BCUT2D eigenvalue weighted by molar-refractivity contribution is 7.51. The van der Waals surface area contributed by atoms with Crippen LogP contribution in [0.2, 0.25) is 0 Å². The van der Waals surface area contributed by atoms with Crippen molar-refractivity contribution in [3.05, 3.63) is 22.4 Å². The second-order valence-corrected chi connectivity index (χ2v) is 5.24. The maximum atomic E-state index is 11.9. The van der Waals surface area contributed by atoms with Gasteiger partial charge < -0.3 is 0 Å². The average molecular weight is 262 g/mol. The van der Waals surface area contributed by atoms with E-state index in [-0.39, 0.29) is 0 Å². The normalized spacial score (nSPS) is 12.1. The molecular formula is C9H15N2O3PS. The third kappa shape index (κ3) is 4.45. The molecule has 90 valence electrons. The molecule has 0 aliphatic carbocycles. The van der Waals surface area contributed by atoms with E-state index < -0.39 is 7.75 Å². The molecule has 0 amide bonds. The Morgan fingerprint density at radius 3 is 2.69 bits per heavy atom. The van der Waals surface area contributed by atoms with Crippen molar-refractivity contribution in [1.82, 2.24) is 5.20 Å². The fourth-order valence-corrected chi connectivity index (χ4v) is 2.64. The van der Waals surface area contributed by atoms with Crippen molar-refractivity contribution < 1.29 is 13.6 Å². The molecule has 1 rings (SSSR count). The smallest absolute Gasteiger partial charge is 0.292 e. The minimum absolute atomic E-state index is 0.304. The summed E-state index contributed by atoms with van der Waals surface area (Å²) in [6, 6.07) is 1.90. The molecule has 0 bridgehead atoms. The van der Waals surface area contributed by atoms with Crippen LogP contribution in [0.5, 0.6) is 0 Å². The van der Waals surface area contributed by atoms with Gasteiger partial charge in [-0.25, -0.2) is 9.76 Å². The lowest BCUT2D eigenvalue weighted by Gasteiger charge is -2.14. The van der Waals surface area contributed by atoms with Crippen molar-refractivity contribution in [2.75, 3.05) is 13.2 Å². The molecule has 0 radical (unpaired) electrons. The molecule has 0 aliphatic heterocycles. The monoisotopic (exact) mass is 262 g/mol. The van der Waals surface area contributed by atoms with E-state index in [1.165, 1.54) is 0 Å². The van der Waals surface area contributed by atoms with Gasteiger partial charge in [0.25, 0.3) is 0 Å². The molecule has 0 unspecified atom stereocenters. The van der Waals surface area contributed by atoms with E-state index in [1.807, 2.05) is 16.8 Å². The van der Waals surface area contributed by atoms with Crippen LogP contribution in [0.15, 0.2) is 21.9 Å². The Kier molecular flexibility index (Phi) is 5.69. The summed E-state index contributed by atoms with van der Waals surface area (Å²) in [5.74, 6) is 0. The van der Waals surface area contributed by atoms with Crippen molar-refractivity contribution in [3.63, 3.8) is 0 Å². The summed E-state index contributed by atoms with van der Waals surface area (Å²) in [6.45, 7) is 4.10. The van der Waals surface area contributed by atoms with Gasteiger partial charge in [0, 0.05) is 5.56 Å². The Hall–Kier alpha value is -0.680. The van der Waals surface area contributed by atoms with Crippen molar-refractivity contribution in [3.8, 4) is 0 Å². The fraction of sp³-hybridized carbons (Fsp3) is 0.444. The highest BCUT2D eigenvalue weighted by Crippen LogP contribution is 2.43. The van der Waals surface area contributed by atoms with Crippen molar-refractivity contribution >= 4 is 25.3 Å². The molecular weight excluding hydrogens is 247 g/mol. The van der Waals surface area contributed by atoms with Crippen LogP contribution in [0.4, 0.5) is 0 Å². The summed E-state index contributed by atoms with van der Waals surface area (Å²) < 4.78 is 21.9. The summed E-state index contributed by atoms with van der Waals surface area (Å²) >= 11 is 1.57. The van der Waals surface area contributed by atoms with E-state index in [1.54, 1.807) is 31.4 Å². The molecule has 16 heavy (non-hydrogen) atoms. The zero-order valence-corrected chi connectivity index (χ0v) is 11.0. The number of hydrogen-bond donors (Lipinski definition) is 1. The molecule has 0 aromatic carbocycles. The first-order valence-corrected chi connectivity index (χ1v) is 7.40. The lowest BCUT2D eigenvalue weighted by molar-refractivity contribution is 0.211. The molecule has 1 aromatic rings. The molecule has 7 heteroatoms. The predicted molar refractivity (Wildman–Crippen MR) is 65.9 cm³/mol. The van der Waals surface area contributed by atoms with Crippen LogP contribution in [0.3, 0.4) is 0 Å². The van der Waals surface area contributed by atoms with Crippen molar-refractivity contribution in [1.29, 1.82) is 0 Å². The lowest BCUT2D eigenvalue weighted by atomic mass is 10.4. The number of nitrogens with zero attached hydrogens (tertiary/aromatic N) is 1. The Balaban J connectivity index is 2.53. The first-order chi connectivity index (χ1) is 7.70. The van der Waals surface area contributed by atoms with E-state index in [9.17, 15) is 4.57 Å². The van der Waals surface area contributed by atoms with Crippen molar-refractivity contribution in [2.45, 2.75) is 13.8 Å². The molecule has 1 N–H and O–H groups in total. The molecule has 0 saturated carbocycles. The molecule has 0 spiro atoms. The molecule has 0 fully saturated rings. The van der Waals surface area contributed by atoms with Crippen LogP contribution in [0.1, 0.15) is 19.4 Å². The highest BCUT2D eigenvalue weighted by atomic mass is 32.1. The second kappa shape index (κ2) is 6.81. The SMILES string of the molecule is CCOP(=O)(N/N=C/c1ccsc1)OCC. The van der Waals surface area contributed by atoms with Gasteiger partial charge in [0.05, 0.1) is 19.4 Å². The van der Waals surface area contributed by atoms with Crippen LogP contribution in [-0.2, 0) is 13.6 Å². The zero-order chi connectivity index (χ0) is 11.9. The number of rotatable bonds is 7. The van der Waals surface area contributed by atoms with Gasteiger partial charge in [-0.3, -0.25) is 9.05 Å². The van der Waals surface area contributed by atoms with Crippen molar-refractivity contribution in [2.24, 2.45) is 5.10 Å². The van der Waals surface area contributed by atoms with Gasteiger partial charge in [-0.05, 0) is 30.7 Å². The quantitative estimate of drug-likeness (QED) is 0.466. The van der Waals surface area contributed by atoms with Crippen LogP contribution >= 0.6 is 19.1 Å². The van der Waals surface area contributed by atoms with E-state index in [4.69, 9.17) is 9.05 Å². The van der Waals surface area contributed by atoms with E-state index in [0.29, 0.717) is 13.2 Å². The van der Waals surface area contributed by atoms with Crippen LogP contribution < -0.4 is 5.20 Å². The first-order valence-electron chi connectivity index (χ1n) is 4.92. The lowest BCUT2D eigenvalue weighted by Crippen LogP contribution is -2.09. The average Bonchev–Trinajstić information content (AvgIpc) is 2.71. The summed E-state index contributed by atoms with van der Waals surface area (Å²) in [6.07, 6.45) is 1.57. The van der Waals surface area contributed by atoms with Crippen LogP contribution in [0.25, 0.3) is 0 Å². The van der Waals surface area contributed by atoms with Crippen LogP contribution in [0, 0.1) is 0 Å². The molecule has 0 atom stereocenters. The highest BCUT2D eigenvalue weighted by Gasteiger charge is 2.22. The van der Waals surface area contributed by atoms with Gasteiger partial charge in [0.2, 0.25) is 0 Å². The minimum Gasteiger partial charge on any atom is -0.292 e. The summed E-state index contributed by atoms with van der Waals surface area (Å²) in [7, 11) is -3.28. The van der Waals surface area contributed by atoms with Gasteiger partial charge >= 0.3 is 7.75 Å². The largest absolute Gasteiger partial charge is 0.448 e. The molecule has 5 nitrogen and oxygen atoms in total. The second-order valence-electron chi connectivity index (χ2n) is 2.75. The number of thiophene rings is 1. The third-order valence-electron chi connectivity index (χ3n) is 1.54. The Morgan fingerprint density at radius 2 is 2.19 bits per heavy atom. The number of nitrogens with one attached hydrogen (secondary N) is 1. The molecule has 1 heterocycles.